The first-order valence-corrected chi connectivity index (χ1v) is 6.55. The Labute approximate surface area is 109 Å². The number of pyridine rings is 1. The molecule has 98 valence electrons. The average molecular weight is 247 g/mol. The molecule has 0 atom stereocenters. The van der Waals surface area contributed by atoms with Gasteiger partial charge in [-0.1, -0.05) is 12.8 Å². The molecule has 1 aliphatic rings. The van der Waals surface area contributed by atoms with Crippen LogP contribution >= 0.6 is 0 Å². The zero-order chi connectivity index (χ0) is 13.0. The van der Waals surface area contributed by atoms with E-state index in [1.54, 1.807) is 17.3 Å². The monoisotopic (exact) mass is 247 g/mol. The molecular weight excluding hydrogens is 226 g/mol. The predicted molar refractivity (Wildman–Crippen MR) is 71.1 cm³/mol. The Bertz CT molecular complexity index is 385. The van der Waals surface area contributed by atoms with E-state index in [2.05, 4.69) is 4.98 Å². The van der Waals surface area contributed by atoms with Gasteiger partial charge < -0.3 is 9.80 Å². The molecule has 4 heteroatoms. The van der Waals surface area contributed by atoms with Gasteiger partial charge in [0.2, 0.25) is 0 Å². The van der Waals surface area contributed by atoms with Crippen molar-refractivity contribution in [3.05, 3.63) is 30.1 Å². The molecule has 2 amide bonds. The summed E-state index contributed by atoms with van der Waals surface area (Å²) in [5.74, 6) is 0. The van der Waals surface area contributed by atoms with E-state index in [1.807, 2.05) is 31.1 Å². The highest BCUT2D eigenvalue weighted by Crippen LogP contribution is 2.25. The maximum atomic E-state index is 12.3. The molecule has 1 aliphatic carbocycles. The first kappa shape index (κ1) is 12.9. The molecule has 18 heavy (non-hydrogen) atoms. The third-order valence-corrected chi connectivity index (χ3v) is 3.50. The van der Waals surface area contributed by atoms with E-state index >= 15 is 0 Å². The van der Waals surface area contributed by atoms with Gasteiger partial charge in [0, 0.05) is 39.1 Å². The molecule has 1 aromatic heterocycles. The third kappa shape index (κ3) is 3.00. The van der Waals surface area contributed by atoms with Crippen molar-refractivity contribution in [3.63, 3.8) is 0 Å². The molecule has 1 aromatic rings. The lowest BCUT2D eigenvalue weighted by Crippen LogP contribution is -2.44. The van der Waals surface area contributed by atoms with Gasteiger partial charge in [0.1, 0.15) is 0 Å². The van der Waals surface area contributed by atoms with Crippen molar-refractivity contribution >= 4 is 6.03 Å². The van der Waals surface area contributed by atoms with Gasteiger partial charge in [0.15, 0.2) is 0 Å². The number of carbonyl (C=O) groups excluding carboxylic acids is 1. The molecule has 0 aromatic carbocycles. The standard InChI is InChI=1S/C14H21N3O/c1-16(2)14(18)17(13-5-3-4-6-13)11-12-7-9-15-10-8-12/h7-10,13H,3-6,11H2,1-2H3. The third-order valence-electron chi connectivity index (χ3n) is 3.50. The van der Waals surface area contributed by atoms with E-state index in [4.69, 9.17) is 0 Å². The Kier molecular flexibility index (Phi) is 4.18. The summed E-state index contributed by atoms with van der Waals surface area (Å²) < 4.78 is 0. The van der Waals surface area contributed by atoms with E-state index in [0.717, 1.165) is 18.4 Å². The smallest absolute Gasteiger partial charge is 0.320 e. The zero-order valence-corrected chi connectivity index (χ0v) is 11.2. The van der Waals surface area contributed by atoms with Crippen molar-refractivity contribution in [1.82, 2.24) is 14.8 Å². The van der Waals surface area contributed by atoms with Crippen molar-refractivity contribution in [2.45, 2.75) is 38.3 Å². The summed E-state index contributed by atoms with van der Waals surface area (Å²) in [6, 6.07) is 4.46. The second-order valence-corrected chi connectivity index (χ2v) is 5.10. The maximum absolute atomic E-state index is 12.3. The summed E-state index contributed by atoms with van der Waals surface area (Å²) >= 11 is 0. The fourth-order valence-corrected chi connectivity index (χ4v) is 2.51. The van der Waals surface area contributed by atoms with Crippen LogP contribution in [0, 0.1) is 0 Å². The molecule has 4 nitrogen and oxygen atoms in total. The minimum absolute atomic E-state index is 0.110. The number of rotatable bonds is 3. The van der Waals surface area contributed by atoms with Crippen molar-refractivity contribution in [3.8, 4) is 0 Å². The van der Waals surface area contributed by atoms with Gasteiger partial charge in [-0.15, -0.1) is 0 Å². The summed E-state index contributed by atoms with van der Waals surface area (Å²) in [5, 5.41) is 0. The van der Waals surface area contributed by atoms with Crippen molar-refractivity contribution in [1.29, 1.82) is 0 Å². The van der Waals surface area contributed by atoms with Crippen LogP contribution in [0.3, 0.4) is 0 Å². The first-order chi connectivity index (χ1) is 8.68. The Morgan fingerprint density at radius 2 is 1.89 bits per heavy atom. The lowest BCUT2D eigenvalue weighted by molar-refractivity contribution is 0.146. The van der Waals surface area contributed by atoms with Crippen molar-refractivity contribution < 1.29 is 4.79 Å². The summed E-state index contributed by atoms with van der Waals surface area (Å²) in [5.41, 5.74) is 1.15. The van der Waals surface area contributed by atoms with Gasteiger partial charge in [0.25, 0.3) is 0 Å². The molecule has 0 aliphatic heterocycles. The van der Waals surface area contributed by atoms with Gasteiger partial charge in [-0.2, -0.15) is 0 Å². The van der Waals surface area contributed by atoms with Crippen LogP contribution in [-0.4, -0.2) is 41.0 Å². The molecular formula is C14H21N3O. The van der Waals surface area contributed by atoms with Crippen LogP contribution in [0.25, 0.3) is 0 Å². The first-order valence-electron chi connectivity index (χ1n) is 6.55. The normalized spacial score (nSPS) is 15.7. The molecule has 0 bridgehead atoms. The summed E-state index contributed by atoms with van der Waals surface area (Å²) in [6.45, 7) is 0.685. The second-order valence-electron chi connectivity index (χ2n) is 5.10. The van der Waals surface area contributed by atoms with Crippen LogP contribution in [0.5, 0.6) is 0 Å². The SMILES string of the molecule is CN(C)C(=O)N(Cc1ccncc1)C1CCCC1. The highest BCUT2D eigenvalue weighted by molar-refractivity contribution is 5.74. The number of nitrogens with zero attached hydrogens (tertiary/aromatic N) is 3. The number of hydrogen-bond donors (Lipinski definition) is 0. The van der Waals surface area contributed by atoms with E-state index in [-0.39, 0.29) is 6.03 Å². The maximum Gasteiger partial charge on any atom is 0.320 e. The zero-order valence-electron chi connectivity index (χ0n) is 11.2. The van der Waals surface area contributed by atoms with Crippen molar-refractivity contribution in [2.24, 2.45) is 0 Å². The quantitative estimate of drug-likeness (QED) is 0.823. The number of amides is 2. The lowest BCUT2D eigenvalue weighted by atomic mass is 10.2. The predicted octanol–water partition coefficient (Wildman–Crippen LogP) is 2.51. The fraction of sp³-hybridized carbons (Fsp3) is 0.571. The Morgan fingerprint density at radius 1 is 1.28 bits per heavy atom. The molecule has 0 N–H and O–H groups in total. The van der Waals surface area contributed by atoms with Gasteiger partial charge in [-0.3, -0.25) is 4.98 Å². The molecule has 0 unspecified atom stereocenters. The van der Waals surface area contributed by atoms with Gasteiger partial charge in [-0.25, -0.2) is 4.79 Å². The van der Waals surface area contributed by atoms with Crippen LogP contribution in [0.15, 0.2) is 24.5 Å². The van der Waals surface area contributed by atoms with Crippen LogP contribution < -0.4 is 0 Å². The van der Waals surface area contributed by atoms with Gasteiger partial charge >= 0.3 is 6.03 Å². The lowest BCUT2D eigenvalue weighted by Gasteiger charge is -2.31. The molecule has 1 heterocycles. The highest BCUT2D eigenvalue weighted by atomic mass is 16.2. The highest BCUT2D eigenvalue weighted by Gasteiger charge is 2.27. The molecule has 1 fully saturated rings. The molecule has 0 radical (unpaired) electrons. The minimum atomic E-state index is 0.110. The number of carbonyl (C=O) groups is 1. The van der Waals surface area contributed by atoms with E-state index in [1.165, 1.54) is 12.8 Å². The van der Waals surface area contributed by atoms with Crippen molar-refractivity contribution in [2.75, 3.05) is 14.1 Å². The number of urea groups is 1. The molecule has 1 saturated carbocycles. The van der Waals surface area contributed by atoms with E-state index in [9.17, 15) is 4.79 Å². The molecule has 2 rings (SSSR count). The van der Waals surface area contributed by atoms with Gasteiger partial charge in [0.05, 0.1) is 0 Å². The molecule has 0 saturated heterocycles. The Balaban J connectivity index is 2.11. The summed E-state index contributed by atoms with van der Waals surface area (Å²) in [6.07, 6.45) is 8.29. The number of hydrogen-bond acceptors (Lipinski definition) is 2. The van der Waals surface area contributed by atoms with E-state index in [0.29, 0.717) is 12.6 Å². The largest absolute Gasteiger partial charge is 0.331 e. The number of aromatic nitrogens is 1. The summed E-state index contributed by atoms with van der Waals surface area (Å²) in [4.78, 5) is 20.0. The Hall–Kier alpha value is -1.58. The van der Waals surface area contributed by atoms with Crippen LogP contribution in [0.4, 0.5) is 4.79 Å². The Morgan fingerprint density at radius 3 is 2.44 bits per heavy atom. The average Bonchev–Trinajstić information content (AvgIpc) is 2.90. The van der Waals surface area contributed by atoms with Gasteiger partial charge in [-0.05, 0) is 30.5 Å². The molecule has 0 spiro atoms. The minimum Gasteiger partial charge on any atom is -0.331 e. The summed E-state index contributed by atoms with van der Waals surface area (Å²) in [7, 11) is 3.63. The van der Waals surface area contributed by atoms with Crippen LogP contribution in [0.2, 0.25) is 0 Å². The van der Waals surface area contributed by atoms with E-state index < -0.39 is 0 Å². The topological polar surface area (TPSA) is 36.4 Å². The second kappa shape index (κ2) is 5.85. The van der Waals surface area contributed by atoms with Crippen LogP contribution in [0.1, 0.15) is 31.2 Å². The van der Waals surface area contributed by atoms with Crippen LogP contribution in [-0.2, 0) is 6.54 Å². The fourth-order valence-electron chi connectivity index (χ4n) is 2.51.